The van der Waals surface area contributed by atoms with Crippen LogP contribution in [0.3, 0.4) is 0 Å². The van der Waals surface area contributed by atoms with Crippen molar-refractivity contribution in [2.75, 3.05) is 12.4 Å². The first kappa shape index (κ1) is 16.7. The summed E-state index contributed by atoms with van der Waals surface area (Å²) in [6, 6.07) is 11.7. The molecule has 0 aliphatic heterocycles. The number of hydrogen-bond acceptors (Lipinski definition) is 5. The number of carbonyl (C=O) groups excluding carboxylic acids is 3. The van der Waals surface area contributed by atoms with Gasteiger partial charge in [-0.15, -0.1) is 0 Å². The van der Waals surface area contributed by atoms with Gasteiger partial charge in [0, 0.05) is 29.2 Å². The summed E-state index contributed by atoms with van der Waals surface area (Å²) in [5.74, 6) is -2.13. The summed E-state index contributed by atoms with van der Waals surface area (Å²) in [4.78, 5) is 48.8. The van der Waals surface area contributed by atoms with Gasteiger partial charge >= 0.3 is 11.9 Å². The number of aromatic nitrogens is 1. The van der Waals surface area contributed by atoms with Crippen molar-refractivity contribution >= 4 is 34.1 Å². The second-order valence-corrected chi connectivity index (χ2v) is 6.17. The molecule has 4 rings (SSSR count). The summed E-state index contributed by atoms with van der Waals surface area (Å²) in [5.41, 5.74) is 2.28. The summed E-state index contributed by atoms with van der Waals surface area (Å²) in [7, 11) is 2.71. The molecule has 3 aromatic rings. The third kappa shape index (κ3) is 2.36. The number of rotatable bonds is 1. The number of pyridine rings is 1. The molecule has 1 N–H and O–H groups in total. The number of nitrogens with zero attached hydrogens (tertiary/aromatic N) is 1. The molecule has 1 heterocycles. The molecule has 134 valence electrons. The number of anilines is 1. The highest BCUT2D eigenvalue weighted by Gasteiger charge is 2.31. The third-order valence-electron chi connectivity index (χ3n) is 4.68. The lowest BCUT2D eigenvalue weighted by molar-refractivity contribution is -0.150. The Balaban J connectivity index is 1.93. The van der Waals surface area contributed by atoms with E-state index in [0.29, 0.717) is 22.2 Å². The van der Waals surface area contributed by atoms with E-state index < -0.39 is 11.9 Å². The van der Waals surface area contributed by atoms with E-state index in [1.807, 2.05) is 12.1 Å². The first-order valence-corrected chi connectivity index (χ1v) is 8.14. The van der Waals surface area contributed by atoms with Crippen LogP contribution >= 0.6 is 0 Å². The minimum absolute atomic E-state index is 0.146. The van der Waals surface area contributed by atoms with Crippen molar-refractivity contribution in [1.82, 2.24) is 4.57 Å². The summed E-state index contributed by atoms with van der Waals surface area (Å²) in [6.07, 6.45) is 0. The van der Waals surface area contributed by atoms with Crippen LogP contribution < -0.4 is 10.9 Å². The average molecular weight is 362 g/mol. The van der Waals surface area contributed by atoms with E-state index in [1.54, 1.807) is 31.3 Å². The standard InChI is InChI=1S/C20H14N2O5/c1-22-16-12-5-3-4-6-13(12)17(23)15(16)11-8-7-10(9-14(11)19(22)25)21-18(24)20(26)27-2/h3-9H,1-2H3,(H,21,24). The Morgan fingerprint density at radius 2 is 1.70 bits per heavy atom. The lowest BCUT2D eigenvalue weighted by atomic mass is 10.0. The molecule has 1 aliphatic carbocycles. The highest BCUT2D eigenvalue weighted by atomic mass is 16.5. The topological polar surface area (TPSA) is 94.5 Å². The van der Waals surface area contributed by atoms with Gasteiger partial charge in [-0.2, -0.15) is 0 Å². The van der Waals surface area contributed by atoms with Crippen LogP contribution in [0.4, 0.5) is 5.69 Å². The quantitative estimate of drug-likeness (QED) is 0.412. The van der Waals surface area contributed by atoms with Gasteiger partial charge in [0.2, 0.25) is 0 Å². The fraction of sp³-hybridized carbons (Fsp3) is 0.100. The van der Waals surface area contributed by atoms with E-state index in [-0.39, 0.29) is 22.4 Å². The van der Waals surface area contributed by atoms with Crippen molar-refractivity contribution in [2.24, 2.45) is 7.05 Å². The van der Waals surface area contributed by atoms with Crippen molar-refractivity contribution in [3.05, 3.63) is 63.9 Å². The van der Waals surface area contributed by atoms with Gasteiger partial charge in [-0.05, 0) is 12.1 Å². The largest absolute Gasteiger partial charge is 0.462 e. The molecule has 27 heavy (non-hydrogen) atoms. The molecule has 0 saturated heterocycles. The molecule has 0 spiro atoms. The number of esters is 1. The van der Waals surface area contributed by atoms with Gasteiger partial charge < -0.3 is 14.6 Å². The van der Waals surface area contributed by atoms with E-state index in [9.17, 15) is 19.2 Å². The molecule has 0 radical (unpaired) electrons. The maximum atomic E-state index is 12.9. The van der Waals surface area contributed by atoms with Crippen molar-refractivity contribution in [1.29, 1.82) is 0 Å². The number of hydrogen-bond donors (Lipinski definition) is 1. The Kier molecular flexibility index (Phi) is 3.66. The predicted octanol–water partition coefficient (Wildman–Crippen LogP) is 1.86. The Morgan fingerprint density at radius 1 is 1.00 bits per heavy atom. The van der Waals surface area contributed by atoms with Gasteiger partial charge in [0.25, 0.3) is 5.56 Å². The van der Waals surface area contributed by atoms with Crippen LogP contribution in [0, 0.1) is 0 Å². The second-order valence-electron chi connectivity index (χ2n) is 6.17. The first-order chi connectivity index (χ1) is 12.9. The molecule has 1 aliphatic rings. The van der Waals surface area contributed by atoms with Gasteiger partial charge in [0.15, 0.2) is 5.78 Å². The zero-order valence-corrected chi connectivity index (χ0v) is 14.5. The number of ketones is 1. The van der Waals surface area contributed by atoms with Crippen molar-refractivity contribution in [3.63, 3.8) is 0 Å². The van der Waals surface area contributed by atoms with Crippen LogP contribution in [0.1, 0.15) is 15.9 Å². The van der Waals surface area contributed by atoms with E-state index in [1.165, 1.54) is 10.6 Å². The van der Waals surface area contributed by atoms with Crippen molar-refractivity contribution < 1.29 is 19.1 Å². The number of benzene rings is 2. The Labute approximate surface area is 153 Å². The molecule has 0 unspecified atom stereocenters. The van der Waals surface area contributed by atoms with E-state index in [4.69, 9.17) is 0 Å². The molecular formula is C20H14N2O5. The normalized spacial score (nSPS) is 11.9. The molecule has 7 heteroatoms. The summed E-state index contributed by atoms with van der Waals surface area (Å²) >= 11 is 0. The highest BCUT2D eigenvalue weighted by molar-refractivity contribution is 6.37. The highest BCUT2D eigenvalue weighted by Crippen LogP contribution is 2.39. The monoisotopic (exact) mass is 362 g/mol. The van der Waals surface area contributed by atoms with Crippen LogP contribution in [-0.2, 0) is 21.4 Å². The van der Waals surface area contributed by atoms with Gasteiger partial charge in [-0.25, -0.2) is 4.79 Å². The smallest absolute Gasteiger partial charge is 0.396 e. The summed E-state index contributed by atoms with van der Waals surface area (Å²) in [5, 5.41) is 3.16. The van der Waals surface area contributed by atoms with Crippen LogP contribution in [0.5, 0.6) is 0 Å². The van der Waals surface area contributed by atoms with E-state index in [0.717, 1.165) is 12.7 Å². The fourth-order valence-corrected chi connectivity index (χ4v) is 3.44. The molecule has 0 saturated carbocycles. The summed E-state index contributed by atoms with van der Waals surface area (Å²) in [6.45, 7) is 0. The molecule has 0 atom stereocenters. The number of nitrogens with one attached hydrogen (secondary N) is 1. The first-order valence-electron chi connectivity index (χ1n) is 8.14. The second kappa shape index (κ2) is 5.91. The maximum Gasteiger partial charge on any atom is 0.396 e. The lowest BCUT2D eigenvalue weighted by Crippen LogP contribution is -2.24. The van der Waals surface area contributed by atoms with Crippen molar-refractivity contribution in [3.8, 4) is 11.3 Å². The van der Waals surface area contributed by atoms with Gasteiger partial charge in [-0.1, -0.05) is 30.3 Å². The van der Waals surface area contributed by atoms with Crippen LogP contribution in [0.15, 0.2) is 47.3 Å². The van der Waals surface area contributed by atoms with Gasteiger partial charge in [0.1, 0.15) is 0 Å². The number of fused-ring (bicyclic) bond motifs is 5. The average Bonchev–Trinajstić information content (AvgIpc) is 2.98. The minimum atomic E-state index is -1.04. The van der Waals surface area contributed by atoms with E-state index >= 15 is 0 Å². The SMILES string of the molecule is COC(=O)C(=O)Nc1ccc2c3c(n(C)c(=O)c2c1)-c1ccccc1C3=O. The van der Waals surface area contributed by atoms with E-state index in [2.05, 4.69) is 10.1 Å². The molecular weight excluding hydrogens is 348 g/mol. The number of methoxy groups -OCH3 is 1. The molecule has 0 fully saturated rings. The number of carbonyl (C=O) groups is 3. The Bertz CT molecular complexity index is 1220. The molecule has 7 nitrogen and oxygen atoms in total. The third-order valence-corrected chi connectivity index (χ3v) is 4.68. The Hall–Kier alpha value is -3.74. The van der Waals surface area contributed by atoms with Crippen LogP contribution in [0.2, 0.25) is 0 Å². The van der Waals surface area contributed by atoms with Gasteiger partial charge in [-0.3, -0.25) is 14.4 Å². The van der Waals surface area contributed by atoms with Crippen LogP contribution in [0.25, 0.3) is 22.0 Å². The lowest BCUT2D eigenvalue weighted by Gasteiger charge is -2.12. The van der Waals surface area contributed by atoms with Crippen molar-refractivity contribution in [2.45, 2.75) is 0 Å². The minimum Gasteiger partial charge on any atom is -0.462 e. The van der Waals surface area contributed by atoms with Crippen LogP contribution in [-0.4, -0.2) is 29.3 Å². The molecule has 1 aromatic heterocycles. The number of ether oxygens (including phenoxy) is 1. The Morgan fingerprint density at radius 3 is 2.41 bits per heavy atom. The summed E-state index contributed by atoms with van der Waals surface area (Å²) < 4.78 is 5.80. The maximum absolute atomic E-state index is 12.9. The molecule has 1 amide bonds. The zero-order chi connectivity index (χ0) is 19.3. The molecule has 0 bridgehead atoms. The fourth-order valence-electron chi connectivity index (χ4n) is 3.44. The predicted molar refractivity (Wildman–Crippen MR) is 98.7 cm³/mol. The van der Waals surface area contributed by atoms with Gasteiger partial charge in [0.05, 0.1) is 23.8 Å². The number of amides is 1. The molecule has 2 aromatic carbocycles. The zero-order valence-electron chi connectivity index (χ0n) is 14.5.